The topological polar surface area (TPSA) is 90.0 Å². The summed E-state index contributed by atoms with van der Waals surface area (Å²) in [5.41, 5.74) is 1.27. The minimum absolute atomic E-state index is 0.0471. The summed E-state index contributed by atoms with van der Waals surface area (Å²) >= 11 is 6.68. The zero-order chi connectivity index (χ0) is 27.4. The zero-order valence-electron chi connectivity index (χ0n) is 20.1. The van der Waals surface area contributed by atoms with E-state index in [4.69, 9.17) is 26.2 Å². The summed E-state index contributed by atoms with van der Waals surface area (Å²) in [4.78, 5) is 28.7. The van der Waals surface area contributed by atoms with Gasteiger partial charge in [-0.05, 0) is 36.8 Å². The number of carboxylic acids is 1. The molecule has 0 spiro atoms. The molecule has 0 aliphatic carbocycles. The van der Waals surface area contributed by atoms with Gasteiger partial charge in [-0.3, -0.25) is 9.59 Å². The fourth-order valence-corrected chi connectivity index (χ4v) is 5.06. The maximum absolute atomic E-state index is 13.8. The van der Waals surface area contributed by atoms with E-state index < -0.39 is 22.9 Å². The van der Waals surface area contributed by atoms with Crippen LogP contribution in [-0.2, 0) is 22.2 Å². The van der Waals surface area contributed by atoms with Crippen molar-refractivity contribution in [2.24, 2.45) is 0 Å². The van der Waals surface area contributed by atoms with Gasteiger partial charge >= 0.3 is 18.1 Å². The molecule has 1 aromatic heterocycles. The van der Waals surface area contributed by atoms with Crippen LogP contribution in [0.5, 0.6) is 11.5 Å². The average molecular weight is 568 g/mol. The minimum Gasteiger partial charge on any atom is -0.496 e. The molecule has 0 bridgehead atoms. The van der Waals surface area contributed by atoms with E-state index in [9.17, 15) is 22.8 Å². The number of amides is 1. The Morgan fingerprint density at radius 1 is 1.13 bits per heavy atom. The molecule has 0 unspecified atom stereocenters. The molecular weight excluding hydrogens is 545 g/mol. The first-order valence-electron chi connectivity index (χ1n) is 11.5. The highest BCUT2D eigenvalue weighted by Gasteiger charge is 2.39. The van der Waals surface area contributed by atoms with Crippen molar-refractivity contribution in [3.63, 3.8) is 0 Å². The first-order chi connectivity index (χ1) is 18.0. The number of halogens is 4. The van der Waals surface area contributed by atoms with Gasteiger partial charge in [0.05, 0.1) is 37.1 Å². The highest BCUT2D eigenvalue weighted by molar-refractivity contribution is 7.12. The van der Waals surface area contributed by atoms with E-state index in [1.807, 2.05) is 0 Å². The lowest BCUT2D eigenvalue weighted by Crippen LogP contribution is -2.70. The second-order valence-electron chi connectivity index (χ2n) is 8.37. The second-order valence-corrected chi connectivity index (χ2v) is 9.95. The molecule has 12 heteroatoms. The van der Waals surface area contributed by atoms with Crippen LogP contribution >= 0.6 is 22.9 Å². The Kier molecular flexibility index (Phi) is 8.27. The third kappa shape index (κ3) is 6.46. The Labute approximate surface area is 225 Å². The summed E-state index contributed by atoms with van der Waals surface area (Å²) in [5.74, 6) is -0.636. The number of hydrogen-bond acceptors (Lipinski definition) is 5. The Morgan fingerprint density at radius 2 is 1.84 bits per heavy atom. The third-order valence-electron chi connectivity index (χ3n) is 5.70. The number of nitrogens with zero attached hydrogens (tertiary/aromatic N) is 1. The standard InChI is InChI=1S/C26H22ClF3N2O5S/c1-36-18-11-17(12-19(13-18)37-10-2-3-23(33)34)31-24(15-4-6-16(27)7-5-15)25(35)32-9-8-21-20(32)14-22(38-21)26(28,29)30/h4-7,11-14H,2-3,8-10H2,1H3,(H,33,34)/p+1. The SMILES string of the molecule is COc1cc([NH+]=C(C(=O)N2CCc3sc(C(F)(F)F)cc32)c2ccc(Cl)cc2)cc(OCCCC(=O)O)c1. The van der Waals surface area contributed by atoms with Crippen molar-refractivity contribution in [2.45, 2.75) is 25.4 Å². The van der Waals surface area contributed by atoms with Gasteiger partial charge in [-0.15, -0.1) is 11.3 Å². The number of carbonyl (C=O) groups excluding carboxylic acids is 1. The van der Waals surface area contributed by atoms with Gasteiger partial charge in [0, 0.05) is 35.4 Å². The van der Waals surface area contributed by atoms with Crippen LogP contribution in [-0.4, -0.2) is 43.0 Å². The first kappa shape index (κ1) is 27.5. The molecule has 0 saturated carbocycles. The summed E-state index contributed by atoms with van der Waals surface area (Å²) in [7, 11) is 1.46. The first-order valence-corrected chi connectivity index (χ1v) is 12.7. The van der Waals surface area contributed by atoms with Crippen LogP contribution in [0.3, 0.4) is 0 Å². The fraction of sp³-hybridized carbons (Fsp3) is 0.269. The van der Waals surface area contributed by atoms with Crippen LogP contribution in [0.4, 0.5) is 24.5 Å². The smallest absolute Gasteiger partial charge is 0.425 e. The van der Waals surface area contributed by atoms with E-state index in [0.717, 1.165) is 6.07 Å². The molecule has 1 aliphatic rings. The van der Waals surface area contributed by atoms with Crippen molar-refractivity contribution < 1.29 is 42.3 Å². The Bertz CT molecular complexity index is 1370. The number of carbonyl (C=O) groups is 2. The van der Waals surface area contributed by atoms with E-state index >= 15 is 0 Å². The molecule has 4 rings (SSSR count). The molecule has 200 valence electrons. The molecule has 1 aliphatic heterocycles. The van der Waals surface area contributed by atoms with E-state index in [-0.39, 0.29) is 31.0 Å². The van der Waals surface area contributed by atoms with Crippen LogP contribution in [0, 0.1) is 0 Å². The quantitative estimate of drug-likeness (QED) is 0.294. The summed E-state index contributed by atoms with van der Waals surface area (Å²) in [6.07, 6.45) is -3.92. The average Bonchev–Trinajstić information content (AvgIpc) is 3.47. The Hall–Kier alpha value is -3.57. The molecule has 3 aromatic rings. The van der Waals surface area contributed by atoms with Crippen LogP contribution in [0.25, 0.3) is 0 Å². The van der Waals surface area contributed by atoms with Crippen LogP contribution in [0.15, 0.2) is 48.5 Å². The molecular formula is C26H23ClF3N2O5S+. The highest BCUT2D eigenvalue weighted by atomic mass is 35.5. The van der Waals surface area contributed by atoms with E-state index in [1.54, 1.807) is 42.5 Å². The minimum atomic E-state index is -4.49. The fourth-order valence-electron chi connectivity index (χ4n) is 3.91. The molecule has 2 aromatic carbocycles. The lowest BCUT2D eigenvalue weighted by Gasteiger charge is -2.15. The van der Waals surface area contributed by atoms with Gasteiger partial charge in [-0.2, -0.15) is 18.2 Å². The molecule has 2 N–H and O–H groups in total. The summed E-state index contributed by atoms with van der Waals surface area (Å²) in [6, 6.07) is 12.4. The number of carboxylic acid groups (broad SMARTS) is 1. The summed E-state index contributed by atoms with van der Waals surface area (Å²) < 4.78 is 50.9. The van der Waals surface area contributed by atoms with Crippen molar-refractivity contribution in [1.29, 1.82) is 0 Å². The number of alkyl halides is 3. The van der Waals surface area contributed by atoms with Crippen LogP contribution in [0.1, 0.15) is 28.2 Å². The van der Waals surface area contributed by atoms with Gasteiger partial charge in [0.15, 0.2) is 0 Å². The lowest BCUT2D eigenvalue weighted by atomic mass is 10.1. The van der Waals surface area contributed by atoms with Crippen LogP contribution in [0.2, 0.25) is 5.02 Å². The number of rotatable bonds is 9. The van der Waals surface area contributed by atoms with E-state index in [2.05, 4.69) is 4.99 Å². The normalized spacial score (nSPS) is 13.4. The molecule has 0 radical (unpaired) electrons. The number of anilines is 1. The van der Waals surface area contributed by atoms with Crippen molar-refractivity contribution in [1.82, 2.24) is 0 Å². The number of nitrogens with one attached hydrogen (secondary N) is 1. The van der Waals surface area contributed by atoms with Gasteiger partial charge in [0.2, 0.25) is 5.69 Å². The van der Waals surface area contributed by atoms with Gasteiger partial charge in [-0.25, -0.2) is 0 Å². The van der Waals surface area contributed by atoms with Crippen LogP contribution < -0.4 is 19.4 Å². The maximum atomic E-state index is 13.8. The van der Waals surface area contributed by atoms with Gasteiger partial charge in [0.25, 0.3) is 5.71 Å². The third-order valence-corrected chi connectivity index (χ3v) is 7.18. The van der Waals surface area contributed by atoms with Crippen molar-refractivity contribution in [2.75, 3.05) is 25.2 Å². The summed E-state index contributed by atoms with van der Waals surface area (Å²) in [5, 5.41) is 9.27. The second kappa shape index (κ2) is 11.4. The number of aliphatic carboxylic acids is 1. The number of methoxy groups -OCH3 is 1. The largest absolute Gasteiger partial charge is 0.496 e. The number of thiophene rings is 1. The van der Waals surface area contributed by atoms with E-state index in [1.165, 1.54) is 12.0 Å². The zero-order valence-corrected chi connectivity index (χ0v) is 21.7. The maximum Gasteiger partial charge on any atom is 0.425 e. The molecule has 0 saturated heterocycles. The highest BCUT2D eigenvalue weighted by Crippen LogP contribution is 2.43. The predicted molar refractivity (Wildman–Crippen MR) is 137 cm³/mol. The molecule has 1 amide bonds. The molecule has 7 nitrogen and oxygen atoms in total. The molecule has 2 heterocycles. The Morgan fingerprint density at radius 3 is 2.50 bits per heavy atom. The number of hydrogen-bond donors (Lipinski definition) is 2. The number of fused-ring (bicyclic) bond motifs is 1. The van der Waals surface area contributed by atoms with Gasteiger partial charge < -0.3 is 19.5 Å². The van der Waals surface area contributed by atoms with Crippen molar-refractivity contribution in [3.8, 4) is 11.5 Å². The summed E-state index contributed by atoms with van der Waals surface area (Å²) in [6.45, 7) is 0.398. The van der Waals surface area contributed by atoms with Crippen molar-refractivity contribution in [3.05, 3.63) is 68.9 Å². The monoisotopic (exact) mass is 567 g/mol. The van der Waals surface area contributed by atoms with E-state index in [0.29, 0.717) is 56.8 Å². The molecule has 38 heavy (non-hydrogen) atoms. The van der Waals surface area contributed by atoms with Gasteiger partial charge in [-0.1, -0.05) is 11.6 Å². The number of ether oxygens (including phenoxy) is 2. The predicted octanol–water partition coefficient (Wildman–Crippen LogP) is 4.46. The number of benzene rings is 2. The van der Waals surface area contributed by atoms with Crippen molar-refractivity contribution >= 4 is 51.9 Å². The Balaban J connectivity index is 1.70. The molecule has 0 fully saturated rings. The van der Waals surface area contributed by atoms with Gasteiger partial charge in [0.1, 0.15) is 16.4 Å². The lowest BCUT2D eigenvalue weighted by molar-refractivity contribution is -0.352. The molecule has 0 atom stereocenters.